The molecule has 2 aromatic carbocycles. The molecule has 0 atom stereocenters. The molecule has 0 spiro atoms. The van der Waals surface area contributed by atoms with Crippen molar-refractivity contribution in [3.05, 3.63) is 62.7 Å². The van der Waals surface area contributed by atoms with Gasteiger partial charge in [-0.15, -0.1) is 0 Å². The third-order valence-corrected chi connectivity index (χ3v) is 7.05. The number of Topliss-reactive ketones (excluding diaryl/α,β-unsaturated/α-hetero) is 1. The molecule has 1 aliphatic heterocycles. The summed E-state index contributed by atoms with van der Waals surface area (Å²) >= 11 is 6.30. The van der Waals surface area contributed by atoms with Gasteiger partial charge in [0.25, 0.3) is 0 Å². The van der Waals surface area contributed by atoms with Crippen LogP contribution in [0.2, 0.25) is 5.02 Å². The van der Waals surface area contributed by atoms with Crippen LogP contribution in [0.3, 0.4) is 0 Å². The minimum absolute atomic E-state index is 0.0246. The number of hydrogen-bond acceptors (Lipinski definition) is 5. The number of rotatable bonds is 8. The molecule has 34 heavy (non-hydrogen) atoms. The molecule has 0 aromatic heterocycles. The van der Waals surface area contributed by atoms with E-state index in [0.717, 1.165) is 43.6 Å². The molecule has 180 valence electrons. The molecule has 2 aromatic rings. The Labute approximate surface area is 207 Å². The highest BCUT2D eigenvalue weighted by Gasteiger charge is 2.23. The molecule has 0 aliphatic carbocycles. The van der Waals surface area contributed by atoms with E-state index in [1.165, 1.54) is 18.2 Å². The first kappa shape index (κ1) is 25.7. The van der Waals surface area contributed by atoms with Crippen molar-refractivity contribution in [3.8, 4) is 11.8 Å². The number of carbonyl (C=O) groups is 2. The summed E-state index contributed by atoms with van der Waals surface area (Å²) in [6, 6.07) is 9.33. The fraction of sp³-hybridized carbons (Fsp3) is 0.444. The van der Waals surface area contributed by atoms with Crippen LogP contribution < -0.4 is 4.74 Å². The number of halogens is 1. The number of nitrogens with zero attached hydrogens (tertiary/aromatic N) is 3. The maximum atomic E-state index is 12.9. The van der Waals surface area contributed by atoms with Crippen molar-refractivity contribution in [1.29, 1.82) is 5.26 Å². The van der Waals surface area contributed by atoms with Crippen molar-refractivity contribution < 1.29 is 14.3 Å². The zero-order valence-electron chi connectivity index (χ0n) is 20.4. The average Bonchev–Trinajstić information content (AvgIpc) is 2.84. The number of piperazine rings is 1. The van der Waals surface area contributed by atoms with Gasteiger partial charge < -0.3 is 9.64 Å². The molecule has 7 heteroatoms. The standard InChI is InChI=1S/C27H32ClN3O3/c1-5-23-18(2)20(6-7-24(23)19(3)32)8-9-30-10-12-31(13-11-30)27(33)16-21-15-26(34-4)22(17-29)14-25(21)28/h6-7,14-15H,5,8-13,16H2,1-4H3. The van der Waals surface area contributed by atoms with Crippen LogP contribution in [0.15, 0.2) is 24.3 Å². The van der Waals surface area contributed by atoms with Gasteiger partial charge >= 0.3 is 0 Å². The lowest BCUT2D eigenvalue weighted by molar-refractivity contribution is -0.132. The van der Waals surface area contributed by atoms with E-state index >= 15 is 0 Å². The number of nitriles is 1. The Bertz CT molecular complexity index is 1120. The van der Waals surface area contributed by atoms with Crippen LogP contribution in [0, 0.1) is 18.3 Å². The van der Waals surface area contributed by atoms with Crippen molar-refractivity contribution in [2.45, 2.75) is 40.0 Å². The molecule has 0 radical (unpaired) electrons. The lowest BCUT2D eigenvalue weighted by Crippen LogP contribution is -2.49. The molecular weight excluding hydrogens is 450 g/mol. The zero-order valence-corrected chi connectivity index (χ0v) is 21.2. The monoisotopic (exact) mass is 481 g/mol. The molecule has 0 N–H and O–H groups in total. The van der Waals surface area contributed by atoms with Crippen molar-refractivity contribution in [2.75, 3.05) is 39.8 Å². The minimum Gasteiger partial charge on any atom is -0.495 e. The van der Waals surface area contributed by atoms with E-state index in [9.17, 15) is 14.9 Å². The van der Waals surface area contributed by atoms with E-state index in [-0.39, 0.29) is 18.1 Å². The van der Waals surface area contributed by atoms with Crippen LogP contribution in [-0.2, 0) is 24.1 Å². The third-order valence-electron chi connectivity index (χ3n) is 6.70. The summed E-state index contributed by atoms with van der Waals surface area (Å²) in [7, 11) is 1.50. The molecular formula is C27H32ClN3O3. The van der Waals surface area contributed by atoms with E-state index in [4.69, 9.17) is 16.3 Å². The third kappa shape index (κ3) is 5.78. The van der Waals surface area contributed by atoms with Crippen LogP contribution in [-0.4, -0.2) is 61.3 Å². The Morgan fingerprint density at radius 1 is 1.15 bits per heavy atom. The molecule has 1 fully saturated rings. The van der Waals surface area contributed by atoms with Crippen molar-refractivity contribution >= 4 is 23.3 Å². The van der Waals surface area contributed by atoms with Crippen LogP contribution >= 0.6 is 11.6 Å². The number of carbonyl (C=O) groups excluding carboxylic acids is 2. The minimum atomic E-state index is 0.0246. The lowest BCUT2D eigenvalue weighted by atomic mass is 9.92. The summed E-state index contributed by atoms with van der Waals surface area (Å²) < 4.78 is 5.25. The van der Waals surface area contributed by atoms with Gasteiger partial charge in [0.05, 0.1) is 19.1 Å². The van der Waals surface area contributed by atoms with Gasteiger partial charge in [-0.2, -0.15) is 5.26 Å². The summed E-state index contributed by atoms with van der Waals surface area (Å²) in [4.78, 5) is 29.0. The average molecular weight is 482 g/mol. The van der Waals surface area contributed by atoms with Gasteiger partial charge in [0.2, 0.25) is 5.91 Å². The quantitative estimate of drug-likeness (QED) is 0.528. The molecule has 0 saturated carbocycles. The summed E-state index contributed by atoms with van der Waals surface area (Å²) in [6.45, 7) is 9.74. The summed E-state index contributed by atoms with van der Waals surface area (Å²) in [5.41, 5.74) is 5.51. The van der Waals surface area contributed by atoms with Crippen LogP contribution in [0.1, 0.15) is 52.0 Å². The maximum Gasteiger partial charge on any atom is 0.227 e. The van der Waals surface area contributed by atoms with Crippen LogP contribution in [0.25, 0.3) is 0 Å². The first-order valence-corrected chi connectivity index (χ1v) is 12.1. The second-order valence-electron chi connectivity index (χ2n) is 8.69. The molecule has 3 rings (SSSR count). The van der Waals surface area contributed by atoms with Gasteiger partial charge in [0.15, 0.2) is 5.78 Å². The Hall–Kier alpha value is -2.88. The predicted octanol–water partition coefficient (Wildman–Crippen LogP) is 4.22. The van der Waals surface area contributed by atoms with Gasteiger partial charge in [-0.05, 0) is 61.1 Å². The van der Waals surface area contributed by atoms with Gasteiger partial charge in [-0.1, -0.05) is 30.7 Å². The largest absolute Gasteiger partial charge is 0.495 e. The van der Waals surface area contributed by atoms with E-state index in [2.05, 4.69) is 30.9 Å². The molecule has 0 bridgehead atoms. The molecule has 1 heterocycles. The summed E-state index contributed by atoms with van der Waals surface area (Å²) in [5.74, 6) is 0.571. The van der Waals surface area contributed by atoms with Crippen molar-refractivity contribution in [3.63, 3.8) is 0 Å². The molecule has 6 nitrogen and oxygen atoms in total. The number of benzene rings is 2. The smallest absolute Gasteiger partial charge is 0.227 e. The first-order valence-electron chi connectivity index (χ1n) is 11.7. The number of ether oxygens (including phenoxy) is 1. The SMILES string of the molecule is CCc1c(C(C)=O)ccc(CCN2CCN(C(=O)Cc3cc(OC)c(C#N)cc3Cl)CC2)c1C. The normalized spacial score (nSPS) is 14.1. The fourth-order valence-corrected chi connectivity index (χ4v) is 4.85. The van der Waals surface area contributed by atoms with E-state index < -0.39 is 0 Å². The van der Waals surface area contributed by atoms with E-state index in [1.807, 2.05) is 11.0 Å². The van der Waals surface area contributed by atoms with Gasteiger partial charge in [-0.3, -0.25) is 14.5 Å². The van der Waals surface area contributed by atoms with E-state index in [1.54, 1.807) is 19.1 Å². The van der Waals surface area contributed by atoms with Gasteiger partial charge in [-0.25, -0.2) is 0 Å². The summed E-state index contributed by atoms with van der Waals surface area (Å²) in [5, 5.41) is 9.59. The highest BCUT2D eigenvalue weighted by molar-refractivity contribution is 6.31. The topological polar surface area (TPSA) is 73.6 Å². The highest BCUT2D eigenvalue weighted by Crippen LogP contribution is 2.27. The van der Waals surface area contributed by atoms with E-state index in [0.29, 0.717) is 35.0 Å². The molecule has 1 aliphatic rings. The van der Waals surface area contributed by atoms with Crippen LogP contribution in [0.4, 0.5) is 0 Å². The second kappa shape index (κ2) is 11.5. The second-order valence-corrected chi connectivity index (χ2v) is 9.10. The highest BCUT2D eigenvalue weighted by atomic mass is 35.5. The molecule has 0 unspecified atom stereocenters. The van der Waals surface area contributed by atoms with Gasteiger partial charge in [0, 0.05) is 43.3 Å². The van der Waals surface area contributed by atoms with Crippen molar-refractivity contribution in [1.82, 2.24) is 9.80 Å². The lowest BCUT2D eigenvalue weighted by Gasteiger charge is -2.35. The maximum absolute atomic E-state index is 12.9. The zero-order chi connectivity index (χ0) is 24.8. The Morgan fingerprint density at radius 3 is 2.44 bits per heavy atom. The number of ketones is 1. The molecule has 1 saturated heterocycles. The van der Waals surface area contributed by atoms with Gasteiger partial charge in [0.1, 0.15) is 11.8 Å². The predicted molar refractivity (Wildman–Crippen MR) is 134 cm³/mol. The Balaban J connectivity index is 1.56. The Morgan fingerprint density at radius 2 is 1.85 bits per heavy atom. The number of methoxy groups -OCH3 is 1. The Kier molecular flexibility index (Phi) is 8.71. The van der Waals surface area contributed by atoms with Crippen molar-refractivity contribution in [2.24, 2.45) is 0 Å². The number of hydrogen-bond donors (Lipinski definition) is 0. The fourth-order valence-electron chi connectivity index (χ4n) is 4.62. The number of amides is 1. The van der Waals surface area contributed by atoms with Crippen LogP contribution in [0.5, 0.6) is 5.75 Å². The first-order chi connectivity index (χ1) is 16.3. The molecule has 1 amide bonds. The summed E-state index contributed by atoms with van der Waals surface area (Å²) in [6.07, 6.45) is 1.96.